The van der Waals surface area contributed by atoms with Crippen molar-refractivity contribution in [2.45, 2.75) is 6.42 Å². The number of carbonyl (C=O) groups is 2. The van der Waals surface area contributed by atoms with Crippen molar-refractivity contribution in [2.24, 2.45) is 0 Å². The topological polar surface area (TPSA) is 77.8 Å². The Morgan fingerprint density at radius 1 is 1.41 bits per heavy atom. The molecule has 1 aromatic rings. The fraction of sp³-hybridized carbons (Fsp3) is 0.273. The van der Waals surface area contributed by atoms with E-state index < -0.39 is 5.97 Å². The van der Waals surface area contributed by atoms with E-state index in [4.69, 9.17) is 5.11 Å². The second kappa shape index (κ2) is 5.85. The lowest BCUT2D eigenvalue weighted by Crippen LogP contribution is -2.29. The number of hydrogen-bond acceptors (Lipinski definition) is 3. The van der Waals surface area contributed by atoms with E-state index in [0.717, 1.165) is 3.57 Å². The van der Waals surface area contributed by atoms with Crippen LogP contribution in [0.25, 0.3) is 0 Å². The average Bonchev–Trinajstić information content (AvgIpc) is 2.28. The SMILES string of the molecule is CN(CCC(=O)O)C(=O)c1cc(I)ccc1O. The number of carbonyl (C=O) groups excluding carboxylic acids is 1. The van der Waals surface area contributed by atoms with Gasteiger partial charge in [0.15, 0.2) is 0 Å². The van der Waals surface area contributed by atoms with E-state index in [1.54, 1.807) is 12.1 Å². The summed E-state index contributed by atoms with van der Waals surface area (Å²) in [6.45, 7) is 0.110. The number of carboxylic acid groups (broad SMARTS) is 1. The number of rotatable bonds is 4. The van der Waals surface area contributed by atoms with Crippen LogP contribution in [0.5, 0.6) is 5.75 Å². The Balaban J connectivity index is 2.81. The molecule has 0 atom stereocenters. The maximum Gasteiger partial charge on any atom is 0.305 e. The van der Waals surface area contributed by atoms with Gasteiger partial charge in [0.1, 0.15) is 5.75 Å². The number of carboxylic acids is 1. The van der Waals surface area contributed by atoms with Crippen molar-refractivity contribution >= 4 is 34.5 Å². The fourth-order valence-electron chi connectivity index (χ4n) is 1.25. The van der Waals surface area contributed by atoms with E-state index in [-0.39, 0.29) is 30.2 Å². The van der Waals surface area contributed by atoms with Gasteiger partial charge in [0.25, 0.3) is 5.91 Å². The molecule has 0 heterocycles. The highest BCUT2D eigenvalue weighted by Gasteiger charge is 2.16. The molecule has 0 unspecified atom stereocenters. The summed E-state index contributed by atoms with van der Waals surface area (Å²) in [6.07, 6.45) is -0.118. The van der Waals surface area contributed by atoms with Crippen LogP contribution in [-0.2, 0) is 4.79 Å². The van der Waals surface area contributed by atoms with Crippen molar-refractivity contribution in [3.8, 4) is 5.75 Å². The number of aromatic hydroxyl groups is 1. The van der Waals surface area contributed by atoms with Crippen LogP contribution in [0.3, 0.4) is 0 Å². The van der Waals surface area contributed by atoms with Gasteiger partial charge in [-0.3, -0.25) is 9.59 Å². The molecule has 0 aromatic heterocycles. The minimum atomic E-state index is -0.962. The van der Waals surface area contributed by atoms with Crippen LogP contribution >= 0.6 is 22.6 Å². The van der Waals surface area contributed by atoms with E-state index in [2.05, 4.69) is 0 Å². The number of aliphatic carboxylic acids is 1. The van der Waals surface area contributed by atoms with Gasteiger partial charge < -0.3 is 15.1 Å². The van der Waals surface area contributed by atoms with Gasteiger partial charge in [-0.05, 0) is 40.8 Å². The molecule has 0 saturated carbocycles. The first kappa shape index (κ1) is 13.8. The van der Waals surface area contributed by atoms with Crippen molar-refractivity contribution in [1.82, 2.24) is 4.90 Å². The molecule has 0 radical (unpaired) electrons. The first-order valence-electron chi connectivity index (χ1n) is 4.87. The van der Waals surface area contributed by atoms with E-state index in [0.29, 0.717) is 0 Å². The molecule has 2 N–H and O–H groups in total. The first-order valence-corrected chi connectivity index (χ1v) is 5.95. The van der Waals surface area contributed by atoms with Gasteiger partial charge in [0.2, 0.25) is 0 Å². The van der Waals surface area contributed by atoms with Crippen molar-refractivity contribution < 1.29 is 19.8 Å². The monoisotopic (exact) mass is 349 g/mol. The van der Waals surface area contributed by atoms with Gasteiger partial charge in [-0.2, -0.15) is 0 Å². The van der Waals surface area contributed by atoms with Crippen LogP contribution in [0.4, 0.5) is 0 Å². The summed E-state index contributed by atoms with van der Waals surface area (Å²) in [5.74, 6) is -1.45. The molecular weight excluding hydrogens is 337 g/mol. The highest BCUT2D eigenvalue weighted by molar-refractivity contribution is 14.1. The first-order chi connectivity index (χ1) is 7.91. The smallest absolute Gasteiger partial charge is 0.305 e. The molecule has 17 heavy (non-hydrogen) atoms. The summed E-state index contributed by atoms with van der Waals surface area (Å²) in [5.41, 5.74) is 0.185. The van der Waals surface area contributed by atoms with E-state index in [1.807, 2.05) is 22.6 Å². The number of phenols is 1. The standard InChI is InChI=1S/C11H12INO4/c1-13(5-4-10(15)16)11(17)8-6-7(12)2-3-9(8)14/h2-3,6,14H,4-5H2,1H3,(H,15,16). The molecule has 0 bridgehead atoms. The van der Waals surface area contributed by atoms with E-state index >= 15 is 0 Å². The second-order valence-corrected chi connectivity index (χ2v) is 4.78. The number of benzene rings is 1. The largest absolute Gasteiger partial charge is 0.507 e. The van der Waals surface area contributed by atoms with Gasteiger partial charge in [-0.15, -0.1) is 0 Å². The molecule has 5 nitrogen and oxygen atoms in total. The quantitative estimate of drug-likeness (QED) is 0.809. The Morgan fingerprint density at radius 2 is 2.06 bits per heavy atom. The van der Waals surface area contributed by atoms with Crippen LogP contribution in [0.1, 0.15) is 16.8 Å². The highest BCUT2D eigenvalue weighted by atomic mass is 127. The third kappa shape index (κ3) is 3.88. The second-order valence-electron chi connectivity index (χ2n) is 3.53. The van der Waals surface area contributed by atoms with Gasteiger partial charge in [0.05, 0.1) is 12.0 Å². The Labute approximate surface area is 112 Å². The van der Waals surface area contributed by atoms with Gasteiger partial charge in [-0.1, -0.05) is 0 Å². The van der Waals surface area contributed by atoms with Crippen LogP contribution in [0, 0.1) is 3.57 Å². The highest BCUT2D eigenvalue weighted by Crippen LogP contribution is 2.21. The maximum atomic E-state index is 11.9. The molecule has 92 valence electrons. The maximum absolute atomic E-state index is 11.9. The third-order valence-electron chi connectivity index (χ3n) is 2.20. The fourth-order valence-corrected chi connectivity index (χ4v) is 1.74. The Morgan fingerprint density at radius 3 is 2.65 bits per heavy atom. The molecule has 1 aromatic carbocycles. The Hall–Kier alpha value is -1.31. The number of halogens is 1. The zero-order chi connectivity index (χ0) is 13.0. The number of nitrogens with zero attached hydrogens (tertiary/aromatic N) is 1. The minimum Gasteiger partial charge on any atom is -0.507 e. The van der Waals surface area contributed by atoms with Crippen LogP contribution in [0.15, 0.2) is 18.2 Å². The molecule has 0 aliphatic carbocycles. The lowest BCUT2D eigenvalue weighted by atomic mass is 10.2. The zero-order valence-electron chi connectivity index (χ0n) is 9.18. The van der Waals surface area contributed by atoms with Gasteiger partial charge in [-0.25, -0.2) is 0 Å². The molecule has 0 aliphatic heterocycles. The van der Waals surface area contributed by atoms with Crippen LogP contribution in [0.2, 0.25) is 0 Å². The normalized spacial score (nSPS) is 10.0. The number of hydrogen-bond donors (Lipinski definition) is 2. The van der Waals surface area contributed by atoms with Gasteiger partial charge >= 0.3 is 5.97 Å². The van der Waals surface area contributed by atoms with Crippen molar-refractivity contribution in [2.75, 3.05) is 13.6 Å². The summed E-state index contributed by atoms with van der Waals surface area (Å²) < 4.78 is 0.829. The molecule has 0 saturated heterocycles. The molecular formula is C11H12INO4. The predicted octanol–water partition coefficient (Wildman–Crippen LogP) is 1.54. The predicted molar refractivity (Wildman–Crippen MR) is 70.0 cm³/mol. The zero-order valence-corrected chi connectivity index (χ0v) is 11.3. The number of amides is 1. The van der Waals surface area contributed by atoms with Crippen molar-refractivity contribution in [1.29, 1.82) is 0 Å². The third-order valence-corrected chi connectivity index (χ3v) is 2.87. The molecule has 0 spiro atoms. The number of phenolic OH excluding ortho intramolecular Hbond substituents is 1. The van der Waals surface area contributed by atoms with Gasteiger partial charge in [0, 0.05) is 17.2 Å². The summed E-state index contributed by atoms with van der Waals surface area (Å²) in [7, 11) is 1.50. The minimum absolute atomic E-state index is 0.0995. The lowest BCUT2D eigenvalue weighted by Gasteiger charge is -2.16. The summed E-state index contributed by atoms with van der Waals surface area (Å²) in [4.78, 5) is 23.6. The lowest BCUT2D eigenvalue weighted by molar-refractivity contribution is -0.137. The summed E-state index contributed by atoms with van der Waals surface area (Å²) in [6, 6.07) is 4.69. The Kier molecular flexibility index (Phi) is 4.73. The molecule has 6 heteroatoms. The molecule has 0 aliphatic rings. The molecule has 0 fully saturated rings. The van der Waals surface area contributed by atoms with Crippen LogP contribution in [-0.4, -0.2) is 40.6 Å². The van der Waals surface area contributed by atoms with Crippen molar-refractivity contribution in [3.05, 3.63) is 27.3 Å². The van der Waals surface area contributed by atoms with E-state index in [9.17, 15) is 14.7 Å². The van der Waals surface area contributed by atoms with Crippen LogP contribution < -0.4 is 0 Å². The Bertz CT molecular complexity index is 447. The van der Waals surface area contributed by atoms with E-state index in [1.165, 1.54) is 18.0 Å². The molecule has 1 amide bonds. The van der Waals surface area contributed by atoms with Crippen molar-refractivity contribution in [3.63, 3.8) is 0 Å². The summed E-state index contributed by atoms with van der Waals surface area (Å²) >= 11 is 2.03. The molecule has 1 rings (SSSR count). The average molecular weight is 349 g/mol. The summed E-state index contributed by atoms with van der Waals surface area (Å²) in [5, 5.41) is 18.1.